The summed E-state index contributed by atoms with van der Waals surface area (Å²) in [6.07, 6.45) is 3.98. The monoisotopic (exact) mass is 299 g/mol. The Hall–Kier alpha value is -0.870. The lowest BCUT2D eigenvalue weighted by molar-refractivity contribution is -0.118. The first-order chi connectivity index (χ1) is 9.53. The van der Waals surface area contributed by atoms with Crippen molar-refractivity contribution in [2.45, 2.75) is 59.4 Å². The molecule has 20 heavy (non-hydrogen) atoms. The number of Topliss-reactive ketones (excluding diaryl/α,β-unsaturated/α-hetero) is 1. The predicted molar refractivity (Wildman–Crippen MR) is 83.0 cm³/mol. The van der Waals surface area contributed by atoms with E-state index < -0.39 is 0 Å². The van der Waals surface area contributed by atoms with E-state index >= 15 is 0 Å². The normalized spacial score (nSPS) is 12.7. The Morgan fingerprint density at radius 1 is 1.40 bits per heavy atom. The Morgan fingerprint density at radius 2 is 2.10 bits per heavy atom. The summed E-state index contributed by atoms with van der Waals surface area (Å²) in [5.41, 5.74) is 7.23. The third-order valence-electron chi connectivity index (χ3n) is 3.80. The standard InChI is InChI=1S/C15H26ClN3O/c1-4-12(8-9-17)6-7-13(20)10-14-15(16)11(3)18-19(14)5-2/h12H,4-10,17H2,1-3H3. The molecular formula is C15H26ClN3O. The van der Waals surface area contributed by atoms with Gasteiger partial charge in [-0.2, -0.15) is 5.10 Å². The topological polar surface area (TPSA) is 60.9 Å². The van der Waals surface area contributed by atoms with Crippen LogP contribution in [-0.4, -0.2) is 22.1 Å². The summed E-state index contributed by atoms with van der Waals surface area (Å²) in [7, 11) is 0. The van der Waals surface area contributed by atoms with Gasteiger partial charge in [0.1, 0.15) is 5.78 Å². The van der Waals surface area contributed by atoms with Gasteiger partial charge in [0.2, 0.25) is 0 Å². The number of rotatable bonds is 9. The summed E-state index contributed by atoms with van der Waals surface area (Å²) in [5, 5.41) is 4.97. The molecule has 0 aliphatic heterocycles. The molecule has 0 spiro atoms. The zero-order valence-corrected chi connectivity index (χ0v) is 13.5. The van der Waals surface area contributed by atoms with Crippen molar-refractivity contribution in [3.8, 4) is 0 Å². The minimum absolute atomic E-state index is 0.233. The molecule has 0 saturated heterocycles. The molecule has 4 nitrogen and oxygen atoms in total. The molecule has 0 saturated carbocycles. The summed E-state index contributed by atoms with van der Waals surface area (Å²) < 4.78 is 1.83. The van der Waals surface area contributed by atoms with Crippen LogP contribution in [0.2, 0.25) is 5.02 Å². The van der Waals surface area contributed by atoms with Gasteiger partial charge in [-0.05, 0) is 39.2 Å². The highest BCUT2D eigenvalue weighted by Gasteiger charge is 2.16. The van der Waals surface area contributed by atoms with Crippen LogP contribution in [0.25, 0.3) is 0 Å². The Kier molecular flexibility index (Phi) is 7.24. The maximum atomic E-state index is 12.1. The van der Waals surface area contributed by atoms with Crippen molar-refractivity contribution in [1.29, 1.82) is 0 Å². The van der Waals surface area contributed by atoms with Crippen molar-refractivity contribution >= 4 is 17.4 Å². The number of hydrogen-bond acceptors (Lipinski definition) is 3. The average Bonchev–Trinajstić information content (AvgIpc) is 2.71. The highest BCUT2D eigenvalue weighted by Crippen LogP contribution is 2.22. The number of aryl methyl sites for hydroxylation is 2. The van der Waals surface area contributed by atoms with Crippen LogP contribution < -0.4 is 5.73 Å². The Labute approximate surface area is 126 Å². The maximum absolute atomic E-state index is 12.1. The lowest BCUT2D eigenvalue weighted by atomic mass is 9.94. The lowest BCUT2D eigenvalue weighted by Crippen LogP contribution is -2.13. The zero-order valence-electron chi connectivity index (χ0n) is 12.8. The minimum atomic E-state index is 0.233. The van der Waals surface area contributed by atoms with Gasteiger partial charge in [-0.25, -0.2) is 0 Å². The highest BCUT2D eigenvalue weighted by molar-refractivity contribution is 6.32. The molecule has 1 rings (SSSR count). The first kappa shape index (κ1) is 17.2. The number of nitrogens with two attached hydrogens (primary N) is 1. The highest BCUT2D eigenvalue weighted by atomic mass is 35.5. The third kappa shape index (κ3) is 4.60. The Bertz CT molecular complexity index is 443. The zero-order chi connectivity index (χ0) is 15.1. The van der Waals surface area contributed by atoms with Gasteiger partial charge in [-0.15, -0.1) is 0 Å². The number of hydrogen-bond donors (Lipinski definition) is 1. The van der Waals surface area contributed by atoms with Gasteiger partial charge in [0.25, 0.3) is 0 Å². The lowest BCUT2D eigenvalue weighted by Gasteiger charge is -2.12. The van der Waals surface area contributed by atoms with E-state index in [2.05, 4.69) is 12.0 Å². The van der Waals surface area contributed by atoms with Gasteiger partial charge in [0.05, 0.1) is 16.4 Å². The number of halogens is 1. The maximum Gasteiger partial charge on any atom is 0.138 e. The summed E-state index contributed by atoms with van der Waals surface area (Å²) in [6, 6.07) is 0. The molecule has 1 aromatic rings. The van der Waals surface area contributed by atoms with E-state index in [0.29, 0.717) is 30.3 Å². The first-order valence-corrected chi connectivity index (χ1v) is 7.84. The number of carbonyl (C=O) groups is 1. The van der Waals surface area contributed by atoms with Crippen molar-refractivity contribution in [2.75, 3.05) is 6.54 Å². The fourth-order valence-electron chi connectivity index (χ4n) is 2.47. The van der Waals surface area contributed by atoms with Crippen LogP contribution in [0.4, 0.5) is 0 Å². The second kappa shape index (κ2) is 8.42. The van der Waals surface area contributed by atoms with Crippen molar-refractivity contribution in [2.24, 2.45) is 11.7 Å². The molecule has 1 heterocycles. The van der Waals surface area contributed by atoms with E-state index in [1.807, 2.05) is 18.5 Å². The summed E-state index contributed by atoms with van der Waals surface area (Å²) in [4.78, 5) is 12.1. The number of ketones is 1. The Morgan fingerprint density at radius 3 is 2.65 bits per heavy atom. The number of nitrogens with zero attached hydrogens (tertiary/aromatic N) is 2. The second-order valence-corrected chi connectivity index (χ2v) is 5.65. The quantitative estimate of drug-likeness (QED) is 0.762. The molecule has 0 amide bonds. The van der Waals surface area contributed by atoms with Gasteiger partial charge in [0.15, 0.2) is 0 Å². The molecular weight excluding hydrogens is 274 g/mol. The van der Waals surface area contributed by atoms with Crippen LogP contribution in [-0.2, 0) is 17.8 Å². The predicted octanol–water partition coefficient (Wildman–Crippen LogP) is 3.13. The molecule has 0 radical (unpaired) electrons. The van der Waals surface area contributed by atoms with Gasteiger partial charge in [-0.3, -0.25) is 9.48 Å². The SMILES string of the molecule is CCC(CCN)CCC(=O)Cc1c(Cl)c(C)nn1CC. The molecule has 1 atom stereocenters. The molecule has 2 N–H and O–H groups in total. The molecule has 1 aromatic heterocycles. The molecule has 0 aliphatic rings. The largest absolute Gasteiger partial charge is 0.330 e. The fourth-order valence-corrected chi connectivity index (χ4v) is 2.67. The van der Waals surface area contributed by atoms with E-state index in [9.17, 15) is 4.79 Å². The van der Waals surface area contributed by atoms with E-state index in [0.717, 1.165) is 37.2 Å². The van der Waals surface area contributed by atoms with E-state index in [1.54, 1.807) is 0 Å². The Balaban J connectivity index is 2.58. The molecule has 0 fully saturated rings. The van der Waals surface area contributed by atoms with Crippen LogP contribution >= 0.6 is 11.6 Å². The minimum Gasteiger partial charge on any atom is -0.330 e. The molecule has 0 aromatic carbocycles. The first-order valence-electron chi connectivity index (χ1n) is 7.46. The third-order valence-corrected chi connectivity index (χ3v) is 4.29. The van der Waals surface area contributed by atoms with Gasteiger partial charge >= 0.3 is 0 Å². The van der Waals surface area contributed by atoms with E-state index in [4.69, 9.17) is 17.3 Å². The average molecular weight is 300 g/mol. The fraction of sp³-hybridized carbons (Fsp3) is 0.733. The van der Waals surface area contributed by atoms with Gasteiger partial charge in [-0.1, -0.05) is 24.9 Å². The van der Waals surface area contributed by atoms with Gasteiger partial charge in [0, 0.05) is 19.4 Å². The molecule has 1 unspecified atom stereocenters. The summed E-state index contributed by atoms with van der Waals surface area (Å²) >= 11 is 6.22. The van der Waals surface area contributed by atoms with E-state index in [-0.39, 0.29) is 5.78 Å². The van der Waals surface area contributed by atoms with Gasteiger partial charge < -0.3 is 5.73 Å². The number of carbonyl (C=O) groups excluding carboxylic acids is 1. The van der Waals surface area contributed by atoms with E-state index in [1.165, 1.54) is 0 Å². The van der Waals surface area contributed by atoms with Crippen molar-refractivity contribution in [3.63, 3.8) is 0 Å². The summed E-state index contributed by atoms with van der Waals surface area (Å²) in [6.45, 7) is 7.46. The van der Waals surface area contributed by atoms with Crippen LogP contribution in [0.1, 0.15) is 50.9 Å². The van der Waals surface area contributed by atoms with Crippen molar-refractivity contribution in [1.82, 2.24) is 9.78 Å². The van der Waals surface area contributed by atoms with Crippen molar-refractivity contribution < 1.29 is 4.79 Å². The molecule has 0 bridgehead atoms. The molecule has 114 valence electrons. The second-order valence-electron chi connectivity index (χ2n) is 5.27. The molecule has 5 heteroatoms. The summed E-state index contributed by atoms with van der Waals surface area (Å²) in [5.74, 6) is 0.786. The van der Waals surface area contributed by atoms with Crippen molar-refractivity contribution in [3.05, 3.63) is 16.4 Å². The van der Waals surface area contributed by atoms with Crippen LogP contribution in [0.5, 0.6) is 0 Å². The van der Waals surface area contributed by atoms with Crippen LogP contribution in [0.3, 0.4) is 0 Å². The number of aromatic nitrogens is 2. The van der Waals surface area contributed by atoms with Crippen LogP contribution in [0.15, 0.2) is 0 Å². The van der Waals surface area contributed by atoms with Crippen LogP contribution in [0, 0.1) is 12.8 Å². The molecule has 0 aliphatic carbocycles. The smallest absolute Gasteiger partial charge is 0.138 e.